The molecule has 0 aliphatic heterocycles. The smallest absolute Gasteiger partial charge is 0.313 e. The molecule has 6 nitrogen and oxygen atoms in total. The monoisotopic (exact) mass is 249 g/mol. The Hall–Kier alpha value is -2.11. The molecule has 0 spiro atoms. The minimum absolute atomic E-state index is 0.119. The van der Waals surface area contributed by atoms with E-state index in [9.17, 15) is 4.79 Å². The summed E-state index contributed by atoms with van der Waals surface area (Å²) in [5.41, 5.74) is 1.32. The number of pyridine rings is 1. The van der Waals surface area contributed by atoms with Crippen molar-refractivity contribution < 1.29 is 14.3 Å². The number of nitrogens with zero attached hydrogens (tertiary/aromatic N) is 2. The molecule has 0 saturated heterocycles. The maximum absolute atomic E-state index is 11.3. The Labute approximate surface area is 104 Å². The van der Waals surface area contributed by atoms with Crippen LogP contribution in [0.25, 0.3) is 11.2 Å². The van der Waals surface area contributed by atoms with Gasteiger partial charge in [-0.2, -0.15) is 4.98 Å². The highest BCUT2D eigenvalue weighted by Crippen LogP contribution is 2.14. The highest BCUT2D eigenvalue weighted by atomic mass is 16.5. The van der Waals surface area contributed by atoms with E-state index < -0.39 is 0 Å². The lowest BCUT2D eigenvalue weighted by Crippen LogP contribution is -2.08. The van der Waals surface area contributed by atoms with E-state index in [1.165, 1.54) is 0 Å². The van der Waals surface area contributed by atoms with Crippen molar-refractivity contribution in [2.45, 2.75) is 20.3 Å². The van der Waals surface area contributed by atoms with Gasteiger partial charge in [0.25, 0.3) is 0 Å². The van der Waals surface area contributed by atoms with E-state index in [1.54, 1.807) is 13.0 Å². The maximum Gasteiger partial charge on any atom is 0.313 e. The molecule has 0 radical (unpaired) electrons. The van der Waals surface area contributed by atoms with Crippen molar-refractivity contribution in [3.8, 4) is 5.88 Å². The molecule has 0 fully saturated rings. The summed E-state index contributed by atoms with van der Waals surface area (Å²) < 4.78 is 10.1. The number of esters is 1. The summed E-state index contributed by atoms with van der Waals surface area (Å²) in [6.45, 7) is 4.58. The van der Waals surface area contributed by atoms with Crippen LogP contribution in [0.5, 0.6) is 5.88 Å². The fraction of sp³-hybridized carbons (Fsp3) is 0.417. The van der Waals surface area contributed by atoms with Crippen LogP contribution in [0.4, 0.5) is 0 Å². The van der Waals surface area contributed by atoms with Crippen LogP contribution in [-0.2, 0) is 16.0 Å². The van der Waals surface area contributed by atoms with Crippen LogP contribution in [0, 0.1) is 0 Å². The lowest BCUT2D eigenvalue weighted by Gasteiger charge is -1.99. The van der Waals surface area contributed by atoms with Crippen molar-refractivity contribution in [3.05, 3.63) is 18.0 Å². The van der Waals surface area contributed by atoms with Crippen LogP contribution in [0.3, 0.4) is 0 Å². The van der Waals surface area contributed by atoms with Gasteiger partial charge in [-0.1, -0.05) is 0 Å². The molecule has 2 heterocycles. The number of H-pyrrole nitrogens is 1. The second kappa shape index (κ2) is 5.48. The molecule has 0 unspecified atom stereocenters. The molecule has 0 aliphatic carbocycles. The minimum Gasteiger partial charge on any atom is -0.478 e. The van der Waals surface area contributed by atoms with Crippen LogP contribution in [0.2, 0.25) is 0 Å². The number of carbonyl (C=O) groups is 1. The number of hydrogen-bond donors (Lipinski definition) is 1. The van der Waals surface area contributed by atoms with Crippen LogP contribution >= 0.6 is 0 Å². The van der Waals surface area contributed by atoms with E-state index in [1.807, 2.05) is 13.0 Å². The Bertz CT molecular complexity index is 550. The normalized spacial score (nSPS) is 10.6. The van der Waals surface area contributed by atoms with Gasteiger partial charge in [-0.25, -0.2) is 4.98 Å². The number of aromatic nitrogens is 3. The van der Waals surface area contributed by atoms with E-state index in [4.69, 9.17) is 9.47 Å². The zero-order valence-electron chi connectivity index (χ0n) is 10.4. The number of rotatable bonds is 5. The lowest BCUT2D eigenvalue weighted by atomic mass is 10.4. The van der Waals surface area contributed by atoms with Crippen LogP contribution in [-0.4, -0.2) is 34.1 Å². The molecule has 0 amide bonds. The maximum atomic E-state index is 11.3. The molecule has 2 aromatic rings. The summed E-state index contributed by atoms with van der Waals surface area (Å²) in [5, 5.41) is 0. The molecular formula is C12H15N3O3. The Morgan fingerprint density at radius 1 is 1.28 bits per heavy atom. The molecule has 0 aliphatic rings. The third-order valence-electron chi connectivity index (χ3n) is 2.28. The molecule has 18 heavy (non-hydrogen) atoms. The Balaban J connectivity index is 2.19. The number of aromatic amines is 1. The third-order valence-corrected chi connectivity index (χ3v) is 2.28. The lowest BCUT2D eigenvalue weighted by molar-refractivity contribution is -0.142. The molecule has 0 saturated carbocycles. The molecule has 6 heteroatoms. The number of carbonyl (C=O) groups excluding carboxylic acids is 1. The second-order valence-corrected chi connectivity index (χ2v) is 3.62. The van der Waals surface area contributed by atoms with Crippen LogP contribution in [0.1, 0.15) is 19.7 Å². The van der Waals surface area contributed by atoms with E-state index >= 15 is 0 Å². The summed E-state index contributed by atoms with van der Waals surface area (Å²) in [7, 11) is 0. The van der Waals surface area contributed by atoms with Gasteiger partial charge in [0.05, 0.1) is 18.7 Å². The second-order valence-electron chi connectivity index (χ2n) is 3.62. The van der Waals surface area contributed by atoms with Gasteiger partial charge >= 0.3 is 5.97 Å². The number of hydrogen-bond acceptors (Lipinski definition) is 5. The zero-order chi connectivity index (χ0) is 13.0. The van der Waals surface area contributed by atoms with Crippen molar-refractivity contribution in [1.29, 1.82) is 0 Å². The van der Waals surface area contributed by atoms with Gasteiger partial charge in [0.2, 0.25) is 5.88 Å². The van der Waals surface area contributed by atoms with Gasteiger partial charge < -0.3 is 14.5 Å². The van der Waals surface area contributed by atoms with Crippen LogP contribution < -0.4 is 4.74 Å². The summed E-state index contributed by atoms with van der Waals surface area (Å²) in [6.07, 6.45) is 0.119. The summed E-state index contributed by atoms with van der Waals surface area (Å²) >= 11 is 0. The first-order valence-electron chi connectivity index (χ1n) is 5.87. The van der Waals surface area contributed by atoms with Gasteiger partial charge in [-0.3, -0.25) is 4.79 Å². The average Bonchev–Trinajstić information content (AvgIpc) is 2.71. The van der Waals surface area contributed by atoms with Crippen molar-refractivity contribution >= 4 is 17.1 Å². The Morgan fingerprint density at radius 3 is 2.83 bits per heavy atom. The summed E-state index contributed by atoms with van der Waals surface area (Å²) in [4.78, 5) is 22.8. The molecule has 96 valence electrons. The SMILES string of the molecule is CCOC(=O)Cc1nc2nc(OCC)ccc2[nH]1. The predicted molar refractivity (Wildman–Crippen MR) is 65.4 cm³/mol. The Morgan fingerprint density at radius 2 is 2.11 bits per heavy atom. The summed E-state index contributed by atoms with van der Waals surface area (Å²) in [5.74, 6) is 0.769. The zero-order valence-corrected chi connectivity index (χ0v) is 10.4. The minimum atomic E-state index is -0.304. The van der Waals surface area contributed by atoms with E-state index in [0.29, 0.717) is 30.6 Å². The largest absolute Gasteiger partial charge is 0.478 e. The van der Waals surface area contributed by atoms with E-state index in [0.717, 1.165) is 5.52 Å². The molecular weight excluding hydrogens is 234 g/mol. The highest BCUT2D eigenvalue weighted by Gasteiger charge is 2.10. The first kappa shape index (κ1) is 12.3. The number of fused-ring (bicyclic) bond motifs is 1. The quantitative estimate of drug-likeness (QED) is 0.812. The first-order valence-corrected chi connectivity index (χ1v) is 5.87. The van der Waals surface area contributed by atoms with Crippen molar-refractivity contribution in [2.24, 2.45) is 0 Å². The average molecular weight is 249 g/mol. The topological polar surface area (TPSA) is 77.1 Å². The van der Waals surface area contributed by atoms with Gasteiger partial charge in [-0.05, 0) is 19.9 Å². The molecule has 0 atom stereocenters. The fourth-order valence-electron chi connectivity index (χ4n) is 1.59. The number of ether oxygens (including phenoxy) is 2. The van der Waals surface area contributed by atoms with Gasteiger partial charge in [0, 0.05) is 6.07 Å². The van der Waals surface area contributed by atoms with Gasteiger partial charge in [-0.15, -0.1) is 0 Å². The van der Waals surface area contributed by atoms with Crippen molar-refractivity contribution in [3.63, 3.8) is 0 Å². The van der Waals surface area contributed by atoms with Gasteiger partial charge in [0.15, 0.2) is 5.65 Å². The number of imidazole rings is 1. The molecule has 0 bridgehead atoms. The summed E-state index contributed by atoms with van der Waals surface area (Å²) in [6, 6.07) is 3.59. The molecule has 0 aromatic carbocycles. The highest BCUT2D eigenvalue weighted by molar-refractivity contribution is 5.75. The van der Waals surface area contributed by atoms with Crippen molar-refractivity contribution in [2.75, 3.05) is 13.2 Å². The van der Waals surface area contributed by atoms with Crippen molar-refractivity contribution in [1.82, 2.24) is 15.0 Å². The fourth-order valence-corrected chi connectivity index (χ4v) is 1.59. The number of nitrogens with one attached hydrogen (secondary N) is 1. The molecule has 2 aromatic heterocycles. The van der Waals surface area contributed by atoms with E-state index in [2.05, 4.69) is 15.0 Å². The standard InChI is InChI=1S/C12H15N3O3/c1-3-17-10-6-5-8-12(15-10)14-9(13-8)7-11(16)18-4-2/h5-6H,3-4,7H2,1-2H3,(H,13,14,15). The van der Waals surface area contributed by atoms with Crippen LogP contribution in [0.15, 0.2) is 12.1 Å². The predicted octanol–water partition coefficient (Wildman–Crippen LogP) is 1.46. The Kier molecular flexibility index (Phi) is 3.76. The first-order chi connectivity index (χ1) is 8.72. The third kappa shape index (κ3) is 2.77. The molecule has 2 rings (SSSR count). The van der Waals surface area contributed by atoms with Gasteiger partial charge in [0.1, 0.15) is 12.2 Å². The van der Waals surface area contributed by atoms with E-state index in [-0.39, 0.29) is 12.4 Å². The molecule has 1 N–H and O–H groups in total.